The van der Waals surface area contributed by atoms with Crippen LogP contribution in [0.2, 0.25) is 0 Å². The lowest BCUT2D eigenvalue weighted by molar-refractivity contribution is 0.0284. The Morgan fingerprint density at radius 3 is 2.95 bits per heavy atom. The van der Waals surface area contributed by atoms with Crippen LogP contribution in [-0.4, -0.2) is 41.4 Å². The van der Waals surface area contributed by atoms with Gasteiger partial charge in [-0.05, 0) is 38.1 Å². The maximum absolute atomic E-state index is 11.4. The molecule has 0 saturated carbocycles. The third-order valence-corrected chi connectivity index (χ3v) is 4.17. The zero-order valence-electron chi connectivity index (χ0n) is 12.1. The molecule has 2 aromatic rings. The maximum atomic E-state index is 11.4. The molecule has 0 spiro atoms. The Bertz CT molecular complexity index is 686. The van der Waals surface area contributed by atoms with Gasteiger partial charge in [0.15, 0.2) is 0 Å². The summed E-state index contributed by atoms with van der Waals surface area (Å²) in [5.41, 5.74) is 2.00. The summed E-state index contributed by atoms with van der Waals surface area (Å²) in [5.74, 6) is -0.928. The van der Waals surface area contributed by atoms with Gasteiger partial charge in [-0.3, -0.25) is 4.98 Å². The first kappa shape index (κ1) is 13.8. The molecule has 1 aliphatic heterocycles. The molecular formula is C16H18N2O3. The third kappa shape index (κ3) is 2.45. The van der Waals surface area contributed by atoms with Gasteiger partial charge in [-0.25, -0.2) is 4.79 Å². The summed E-state index contributed by atoms with van der Waals surface area (Å²) in [5, 5.41) is 9.99. The molecular weight excluding hydrogens is 268 g/mol. The first-order valence-electron chi connectivity index (χ1n) is 7.08. The summed E-state index contributed by atoms with van der Waals surface area (Å²) in [7, 11) is 0. The van der Waals surface area contributed by atoms with Crippen LogP contribution in [0.4, 0.5) is 5.69 Å². The quantitative estimate of drug-likeness (QED) is 0.919. The number of carboxylic acid groups (broad SMARTS) is 1. The van der Waals surface area contributed by atoms with Crippen LogP contribution >= 0.6 is 0 Å². The van der Waals surface area contributed by atoms with Gasteiger partial charge in [0.2, 0.25) is 0 Å². The van der Waals surface area contributed by atoms with Crippen LogP contribution in [0.15, 0.2) is 30.5 Å². The number of hydrogen-bond acceptors (Lipinski definition) is 4. The van der Waals surface area contributed by atoms with Gasteiger partial charge in [-0.1, -0.05) is 0 Å². The van der Waals surface area contributed by atoms with Crippen LogP contribution in [-0.2, 0) is 4.74 Å². The minimum atomic E-state index is -0.928. The second-order valence-electron chi connectivity index (χ2n) is 5.38. The molecule has 1 N–H and O–H groups in total. The lowest BCUT2D eigenvalue weighted by Crippen LogP contribution is -2.48. The van der Waals surface area contributed by atoms with E-state index in [2.05, 4.69) is 23.7 Å². The second kappa shape index (κ2) is 5.33. The van der Waals surface area contributed by atoms with E-state index < -0.39 is 5.97 Å². The molecule has 5 heteroatoms. The second-order valence-corrected chi connectivity index (χ2v) is 5.38. The summed E-state index contributed by atoms with van der Waals surface area (Å²) < 4.78 is 5.64. The largest absolute Gasteiger partial charge is 0.478 e. The number of pyridine rings is 1. The monoisotopic (exact) mass is 286 g/mol. The average Bonchev–Trinajstić information content (AvgIpc) is 2.48. The van der Waals surface area contributed by atoms with Crippen molar-refractivity contribution in [2.75, 3.05) is 18.1 Å². The van der Waals surface area contributed by atoms with Gasteiger partial charge in [0.05, 0.1) is 29.8 Å². The number of aromatic nitrogens is 1. The van der Waals surface area contributed by atoms with Crippen LogP contribution in [0.25, 0.3) is 10.9 Å². The van der Waals surface area contributed by atoms with Crippen molar-refractivity contribution in [1.82, 2.24) is 4.98 Å². The van der Waals surface area contributed by atoms with E-state index >= 15 is 0 Å². The lowest BCUT2D eigenvalue weighted by atomic mass is 10.1. The SMILES string of the molecule is C[C@H]1OCCN(c2ccc3nccc(C(=O)O)c3c2)[C@H]1C. The zero-order chi connectivity index (χ0) is 15.0. The molecule has 0 bridgehead atoms. The summed E-state index contributed by atoms with van der Waals surface area (Å²) in [6.07, 6.45) is 1.69. The molecule has 0 amide bonds. The van der Waals surface area contributed by atoms with E-state index in [0.29, 0.717) is 17.5 Å². The van der Waals surface area contributed by atoms with Crippen molar-refractivity contribution in [1.29, 1.82) is 0 Å². The van der Waals surface area contributed by atoms with E-state index in [1.807, 2.05) is 18.2 Å². The van der Waals surface area contributed by atoms with Crippen molar-refractivity contribution >= 4 is 22.6 Å². The Hall–Kier alpha value is -2.14. The summed E-state index contributed by atoms with van der Waals surface area (Å²) in [4.78, 5) is 17.9. The molecule has 0 radical (unpaired) electrons. The molecule has 1 fully saturated rings. The van der Waals surface area contributed by atoms with Crippen LogP contribution in [0.5, 0.6) is 0 Å². The normalized spacial score (nSPS) is 22.5. The zero-order valence-corrected chi connectivity index (χ0v) is 12.1. The standard InChI is InChI=1S/C16H18N2O3/c1-10-11(2)21-8-7-18(10)12-3-4-15-14(9-12)13(16(19)20)5-6-17-15/h3-6,9-11H,7-8H2,1-2H3,(H,19,20)/t10-,11+/m0/s1. The van der Waals surface area contributed by atoms with Crippen molar-refractivity contribution in [2.24, 2.45) is 0 Å². The van der Waals surface area contributed by atoms with Crippen LogP contribution in [0, 0.1) is 0 Å². The highest BCUT2D eigenvalue weighted by atomic mass is 16.5. The maximum Gasteiger partial charge on any atom is 0.336 e. The number of benzene rings is 1. The van der Waals surface area contributed by atoms with E-state index in [0.717, 1.165) is 12.2 Å². The minimum Gasteiger partial charge on any atom is -0.478 e. The molecule has 0 unspecified atom stereocenters. The number of carbonyl (C=O) groups is 1. The third-order valence-electron chi connectivity index (χ3n) is 4.17. The number of nitrogens with zero attached hydrogens (tertiary/aromatic N) is 2. The molecule has 21 heavy (non-hydrogen) atoms. The van der Waals surface area contributed by atoms with E-state index in [9.17, 15) is 9.90 Å². The lowest BCUT2D eigenvalue weighted by Gasteiger charge is -2.39. The molecule has 110 valence electrons. The number of carboxylic acids is 1. The number of fused-ring (bicyclic) bond motifs is 1. The Labute approximate surface area is 123 Å². The molecule has 1 aromatic carbocycles. The fourth-order valence-corrected chi connectivity index (χ4v) is 2.80. The van der Waals surface area contributed by atoms with Crippen LogP contribution in [0.3, 0.4) is 0 Å². The Morgan fingerprint density at radius 1 is 1.38 bits per heavy atom. The molecule has 2 atom stereocenters. The Balaban J connectivity index is 2.08. The smallest absolute Gasteiger partial charge is 0.336 e. The number of aromatic carboxylic acids is 1. The number of morpholine rings is 1. The van der Waals surface area contributed by atoms with Gasteiger partial charge in [-0.15, -0.1) is 0 Å². The van der Waals surface area contributed by atoms with Gasteiger partial charge < -0.3 is 14.7 Å². The number of rotatable bonds is 2. The first-order chi connectivity index (χ1) is 10.1. The van der Waals surface area contributed by atoms with Crippen LogP contribution < -0.4 is 4.90 Å². The van der Waals surface area contributed by atoms with Crippen molar-refractivity contribution in [3.05, 3.63) is 36.0 Å². The molecule has 3 rings (SSSR count). The highest BCUT2D eigenvalue weighted by Gasteiger charge is 2.26. The predicted molar refractivity (Wildman–Crippen MR) is 80.9 cm³/mol. The van der Waals surface area contributed by atoms with Gasteiger partial charge in [0, 0.05) is 23.8 Å². The highest BCUT2D eigenvalue weighted by molar-refractivity contribution is 6.03. The van der Waals surface area contributed by atoms with Crippen molar-refractivity contribution < 1.29 is 14.6 Å². The van der Waals surface area contributed by atoms with Crippen molar-refractivity contribution in [2.45, 2.75) is 26.0 Å². The van der Waals surface area contributed by atoms with E-state index in [4.69, 9.17) is 4.74 Å². The molecule has 5 nitrogen and oxygen atoms in total. The Morgan fingerprint density at radius 2 is 2.19 bits per heavy atom. The molecule has 1 saturated heterocycles. The Kier molecular flexibility index (Phi) is 3.51. The van der Waals surface area contributed by atoms with Gasteiger partial charge in [-0.2, -0.15) is 0 Å². The minimum absolute atomic E-state index is 0.155. The van der Waals surface area contributed by atoms with E-state index in [1.54, 1.807) is 6.07 Å². The molecule has 2 heterocycles. The van der Waals surface area contributed by atoms with Crippen molar-refractivity contribution in [3.8, 4) is 0 Å². The van der Waals surface area contributed by atoms with Crippen molar-refractivity contribution in [3.63, 3.8) is 0 Å². The molecule has 1 aliphatic rings. The first-order valence-corrected chi connectivity index (χ1v) is 7.08. The average molecular weight is 286 g/mol. The van der Waals surface area contributed by atoms with Gasteiger partial charge >= 0.3 is 5.97 Å². The van der Waals surface area contributed by atoms with Crippen LogP contribution in [0.1, 0.15) is 24.2 Å². The van der Waals surface area contributed by atoms with E-state index in [-0.39, 0.29) is 17.7 Å². The number of ether oxygens (including phenoxy) is 1. The van der Waals surface area contributed by atoms with Gasteiger partial charge in [0.1, 0.15) is 0 Å². The number of hydrogen-bond donors (Lipinski definition) is 1. The highest BCUT2D eigenvalue weighted by Crippen LogP contribution is 2.27. The van der Waals surface area contributed by atoms with Gasteiger partial charge in [0.25, 0.3) is 0 Å². The fraction of sp³-hybridized carbons (Fsp3) is 0.375. The summed E-state index contributed by atoms with van der Waals surface area (Å²) >= 11 is 0. The number of anilines is 1. The molecule has 0 aliphatic carbocycles. The fourth-order valence-electron chi connectivity index (χ4n) is 2.80. The summed E-state index contributed by atoms with van der Waals surface area (Å²) in [6, 6.07) is 7.58. The van der Waals surface area contributed by atoms with E-state index in [1.165, 1.54) is 6.20 Å². The predicted octanol–water partition coefficient (Wildman–Crippen LogP) is 2.55. The topological polar surface area (TPSA) is 62.7 Å². The molecule has 1 aromatic heterocycles. The summed E-state index contributed by atoms with van der Waals surface area (Å²) in [6.45, 7) is 5.67.